The monoisotopic (exact) mass is 525 g/mol. The summed E-state index contributed by atoms with van der Waals surface area (Å²) in [5.41, 5.74) is 5.10. The lowest BCUT2D eigenvalue weighted by Gasteiger charge is -2.57. The van der Waals surface area contributed by atoms with Crippen molar-refractivity contribution in [3.05, 3.63) is 101 Å². The summed E-state index contributed by atoms with van der Waals surface area (Å²) in [6.45, 7) is 6.14. The highest BCUT2D eigenvalue weighted by molar-refractivity contribution is 5.82. The summed E-state index contributed by atoms with van der Waals surface area (Å²) >= 11 is 0. The van der Waals surface area contributed by atoms with Gasteiger partial charge in [0, 0.05) is 44.2 Å². The number of piperidine rings is 3. The number of hydrogen-bond acceptors (Lipinski definition) is 4. The minimum Gasteiger partial charge on any atom is -0.496 e. The van der Waals surface area contributed by atoms with Crippen LogP contribution in [0.2, 0.25) is 0 Å². The number of rotatable bonds is 9. The van der Waals surface area contributed by atoms with Gasteiger partial charge in [-0.25, -0.2) is 0 Å². The lowest BCUT2D eigenvalue weighted by atomic mass is 9.68. The molecular weight excluding hydrogens is 482 g/mol. The number of hydrogen-bond donors (Lipinski definition) is 1. The van der Waals surface area contributed by atoms with E-state index in [1.165, 1.54) is 22.3 Å². The van der Waals surface area contributed by atoms with E-state index in [1.54, 1.807) is 12.0 Å². The van der Waals surface area contributed by atoms with Gasteiger partial charge in [0.25, 0.3) is 0 Å². The zero-order valence-corrected chi connectivity index (χ0v) is 24.0. The van der Waals surface area contributed by atoms with Crippen LogP contribution in [0.1, 0.15) is 60.8 Å². The van der Waals surface area contributed by atoms with Crippen LogP contribution in [0, 0.1) is 5.92 Å². The third-order valence-electron chi connectivity index (χ3n) is 8.83. The van der Waals surface area contributed by atoms with E-state index in [1.807, 2.05) is 14.1 Å². The molecule has 5 heteroatoms. The van der Waals surface area contributed by atoms with Crippen molar-refractivity contribution < 1.29 is 9.53 Å². The number of carbonyl (C=O) groups is 1. The number of fused-ring (bicyclic) bond motifs is 3. The van der Waals surface area contributed by atoms with Crippen LogP contribution in [-0.4, -0.2) is 61.6 Å². The first-order valence-electron chi connectivity index (χ1n) is 14.4. The summed E-state index contributed by atoms with van der Waals surface area (Å²) in [5, 5.41) is 4.02. The number of carbonyl (C=O) groups excluding carboxylic acids is 1. The van der Waals surface area contributed by atoms with Crippen LogP contribution in [0.5, 0.6) is 5.75 Å². The predicted molar refractivity (Wildman–Crippen MR) is 158 cm³/mol. The van der Waals surface area contributed by atoms with E-state index < -0.39 is 0 Å². The summed E-state index contributed by atoms with van der Waals surface area (Å²) < 4.78 is 5.77. The van der Waals surface area contributed by atoms with E-state index in [2.05, 4.69) is 103 Å². The first-order chi connectivity index (χ1) is 18.9. The number of benzene rings is 3. The van der Waals surface area contributed by atoms with Gasteiger partial charge in [0.2, 0.25) is 5.91 Å². The highest BCUT2D eigenvalue weighted by Crippen LogP contribution is 2.45. The van der Waals surface area contributed by atoms with Gasteiger partial charge >= 0.3 is 0 Å². The predicted octanol–water partition coefficient (Wildman–Crippen LogP) is 5.66. The van der Waals surface area contributed by atoms with Gasteiger partial charge in [0.1, 0.15) is 5.75 Å². The summed E-state index contributed by atoms with van der Waals surface area (Å²) in [7, 11) is 5.52. The highest BCUT2D eigenvalue weighted by atomic mass is 16.5. The average Bonchev–Trinajstić information content (AvgIpc) is 2.97. The van der Waals surface area contributed by atoms with Crippen molar-refractivity contribution in [3.8, 4) is 5.75 Å². The number of nitrogens with zero attached hydrogens (tertiary/aromatic N) is 2. The molecule has 3 heterocycles. The molecule has 2 bridgehead atoms. The van der Waals surface area contributed by atoms with Crippen LogP contribution in [0.15, 0.2) is 78.9 Å². The Labute approximate surface area is 234 Å². The fourth-order valence-corrected chi connectivity index (χ4v) is 6.84. The number of methoxy groups -OCH3 is 1. The molecule has 5 atom stereocenters. The Morgan fingerprint density at radius 1 is 0.974 bits per heavy atom. The zero-order chi connectivity index (χ0) is 27.5. The Morgan fingerprint density at radius 3 is 2.18 bits per heavy atom. The molecule has 0 saturated carbocycles. The van der Waals surface area contributed by atoms with Crippen molar-refractivity contribution in [2.45, 2.75) is 63.2 Å². The normalized spacial score (nSPS) is 24.2. The van der Waals surface area contributed by atoms with Gasteiger partial charge in [0.15, 0.2) is 0 Å². The third kappa shape index (κ3) is 5.61. The Hall–Kier alpha value is -3.15. The van der Waals surface area contributed by atoms with Crippen molar-refractivity contribution >= 4 is 5.91 Å². The van der Waals surface area contributed by atoms with Gasteiger partial charge in [-0.3, -0.25) is 9.69 Å². The SMILES string of the molecule is COc1ccc(C(C)C)cc1CN[C@H]1[C@H]2CCN([C@@H](C(=O)N(C)C)C2)[C@H]1C(c1ccccc1)c1ccccc1. The lowest BCUT2D eigenvalue weighted by Crippen LogP contribution is -2.69. The Kier molecular flexibility index (Phi) is 8.39. The second-order valence-corrected chi connectivity index (χ2v) is 11.7. The molecule has 3 aliphatic heterocycles. The van der Waals surface area contributed by atoms with Crippen LogP contribution in [-0.2, 0) is 11.3 Å². The van der Waals surface area contributed by atoms with E-state index in [-0.39, 0.29) is 30.0 Å². The van der Waals surface area contributed by atoms with Gasteiger partial charge in [-0.2, -0.15) is 0 Å². The molecule has 1 amide bonds. The van der Waals surface area contributed by atoms with Crippen molar-refractivity contribution in [2.24, 2.45) is 5.92 Å². The Bertz CT molecular complexity index is 1200. The maximum absolute atomic E-state index is 13.4. The highest BCUT2D eigenvalue weighted by Gasteiger charge is 2.52. The maximum atomic E-state index is 13.4. The molecule has 39 heavy (non-hydrogen) atoms. The van der Waals surface area contributed by atoms with E-state index >= 15 is 0 Å². The first kappa shape index (κ1) is 27.4. The smallest absolute Gasteiger partial charge is 0.239 e. The topological polar surface area (TPSA) is 44.8 Å². The second kappa shape index (κ2) is 11.9. The molecule has 5 nitrogen and oxygen atoms in total. The van der Waals surface area contributed by atoms with Crippen LogP contribution < -0.4 is 10.1 Å². The van der Waals surface area contributed by atoms with E-state index in [4.69, 9.17) is 4.74 Å². The molecule has 0 radical (unpaired) electrons. The van der Waals surface area contributed by atoms with E-state index in [0.717, 1.165) is 31.7 Å². The van der Waals surface area contributed by atoms with Gasteiger partial charge in [-0.05, 0) is 54.0 Å². The molecule has 206 valence electrons. The molecule has 3 aromatic rings. The van der Waals surface area contributed by atoms with Gasteiger partial charge in [-0.15, -0.1) is 0 Å². The largest absolute Gasteiger partial charge is 0.496 e. The number of nitrogens with one attached hydrogen (secondary N) is 1. The molecule has 3 fully saturated rings. The first-order valence-corrected chi connectivity index (χ1v) is 14.4. The molecule has 0 aliphatic carbocycles. The van der Waals surface area contributed by atoms with Gasteiger partial charge < -0.3 is 15.0 Å². The summed E-state index contributed by atoms with van der Waals surface area (Å²) in [4.78, 5) is 17.7. The van der Waals surface area contributed by atoms with Crippen molar-refractivity contribution in [2.75, 3.05) is 27.7 Å². The number of likely N-dealkylation sites (N-methyl/N-ethyl adjacent to an activating group) is 1. The van der Waals surface area contributed by atoms with Gasteiger partial charge in [-0.1, -0.05) is 86.6 Å². The third-order valence-corrected chi connectivity index (χ3v) is 8.83. The van der Waals surface area contributed by atoms with Crippen LogP contribution >= 0.6 is 0 Å². The fraction of sp³-hybridized carbons (Fsp3) is 0.441. The standard InChI is InChI=1S/C34H43N3O2/c1-23(2)26-16-17-30(39-5)28(20-26)22-35-32-27-18-19-37(29(21-27)34(38)36(3)4)33(32)31(24-12-8-6-9-13-24)25-14-10-7-11-15-25/h6-17,20,23,27,29,31-33,35H,18-19,21-22H2,1-5H3/t27-,29+,32-,33-/m0/s1. The quantitative estimate of drug-likeness (QED) is 0.392. The molecule has 0 spiro atoms. The van der Waals surface area contributed by atoms with E-state index in [0.29, 0.717) is 11.8 Å². The molecule has 3 saturated heterocycles. The van der Waals surface area contributed by atoms with Crippen LogP contribution in [0.4, 0.5) is 0 Å². The molecule has 0 aromatic heterocycles. The minimum atomic E-state index is -0.0875. The zero-order valence-electron chi connectivity index (χ0n) is 24.0. The fourth-order valence-electron chi connectivity index (χ4n) is 6.84. The Balaban J connectivity index is 1.55. The summed E-state index contributed by atoms with van der Waals surface area (Å²) in [6.07, 6.45) is 2.00. The lowest BCUT2D eigenvalue weighted by molar-refractivity contribution is -0.143. The summed E-state index contributed by atoms with van der Waals surface area (Å²) in [5.74, 6) is 2.16. The summed E-state index contributed by atoms with van der Waals surface area (Å²) in [6, 6.07) is 28.5. The maximum Gasteiger partial charge on any atom is 0.239 e. The molecule has 3 aromatic carbocycles. The van der Waals surface area contributed by atoms with Crippen LogP contribution in [0.3, 0.4) is 0 Å². The average molecular weight is 526 g/mol. The van der Waals surface area contributed by atoms with Crippen LogP contribution in [0.25, 0.3) is 0 Å². The molecule has 1 N–H and O–H groups in total. The molecule has 6 rings (SSSR count). The van der Waals surface area contributed by atoms with Crippen molar-refractivity contribution in [3.63, 3.8) is 0 Å². The molecule has 1 unspecified atom stereocenters. The van der Waals surface area contributed by atoms with E-state index in [9.17, 15) is 4.79 Å². The number of ether oxygens (including phenoxy) is 1. The van der Waals surface area contributed by atoms with Crippen molar-refractivity contribution in [1.29, 1.82) is 0 Å². The number of amides is 1. The Morgan fingerprint density at radius 2 is 1.62 bits per heavy atom. The molecular formula is C34H43N3O2. The minimum absolute atomic E-state index is 0.0875. The van der Waals surface area contributed by atoms with Gasteiger partial charge in [0.05, 0.1) is 13.2 Å². The second-order valence-electron chi connectivity index (χ2n) is 11.7. The van der Waals surface area contributed by atoms with Crippen molar-refractivity contribution in [1.82, 2.24) is 15.1 Å². The molecule has 3 aliphatic rings.